The highest BCUT2D eigenvalue weighted by Crippen LogP contribution is 2.44. The van der Waals surface area contributed by atoms with E-state index in [0.29, 0.717) is 12.8 Å². The number of carbonyl (C=O) groups excluding carboxylic acids is 2. The number of ether oxygens (including phenoxy) is 1. The van der Waals surface area contributed by atoms with Gasteiger partial charge in [-0.3, -0.25) is 4.79 Å². The van der Waals surface area contributed by atoms with Crippen LogP contribution in [0.5, 0.6) is 0 Å². The zero-order valence-electron chi connectivity index (χ0n) is 19.3. The third-order valence-electron chi connectivity index (χ3n) is 6.00. The normalized spacial score (nSPS) is 14.2. The standard InChI is InChI=1S/C26H32N2O5/c1-16(2)24(25(30)31)28-23(29)14-8-9-17(3)27-26(32)33-15-22-20-12-6-4-10-18(20)19-11-5-7-13-21(19)22/h4-7,10-13,16-17,22,24H,8-9,14-15H2,1-3H3,(H,27,32)(H,28,29)(H,30,31). The Morgan fingerprint density at radius 1 is 0.939 bits per heavy atom. The number of carboxylic acid groups (broad SMARTS) is 1. The van der Waals surface area contributed by atoms with Gasteiger partial charge < -0.3 is 20.5 Å². The summed E-state index contributed by atoms with van der Waals surface area (Å²) in [6.07, 6.45) is 0.824. The molecule has 2 unspecified atom stereocenters. The number of benzene rings is 2. The lowest BCUT2D eigenvalue weighted by Crippen LogP contribution is -2.44. The van der Waals surface area contributed by atoms with Gasteiger partial charge in [0.25, 0.3) is 0 Å². The number of amides is 2. The third-order valence-corrected chi connectivity index (χ3v) is 6.00. The molecule has 0 aliphatic heterocycles. The number of fused-ring (bicyclic) bond motifs is 3. The number of alkyl carbamates (subject to hydrolysis) is 1. The van der Waals surface area contributed by atoms with Crippen molar-refractivity contribution >= 4 is 18.0 Å². The fourth-order valence-corrected chi connectivity index (χ4v) is 4.24. The van der Waals surface area contributed by atoms with Gasteiger partial charge in [0.2, 0.25) is 5.91 Å². The molecule has 2 amide bonds. The van der Waals surface area contributed by atoms with Gasteiger partial charge in [0, 0.05) is 18.4 Å². The van der Waals surface area contributed by atoms with Crippen LogP contribution < -0.4 is 10.6 Å². The van der Waals surface area contributed by atoms with Crippen molar-refractivity contribution in [1.82, 2.24) is 10.6 Å². The average Bonchev–Trinajstić information content (AvgIpc) is 3.09. The van der Waals surface area contributed by atoms with Crippen LogP contribution in [0.4, 0.5) is 4.79 Å². The molecule has 0 radical (unpaired) electrons. The molecule has 0 saturated heterocycles. The number of hydrogen-bond acceptors (Lipinski definition) is 4. The van der Waals surface area contributed by atoms with E-state index < -0.39 is 18.1 Å². The molecular formula is C26H32N2O5. The molecule has 0 spiro atoms. The van der Waals surface area contributed by atoms with E-state index in [-0.39, 0.29) is 36.8 Å². The summed E-state index contributed by atoms with van der Waals surface area (Å²) in [6, 6.07) is 15.3. The molecule has 7 heteroatoms. The molecule has 176 valence electrons. The Balaban J connectivity index is 1.43. The molecule has 0 aromatic heterocycles. The van der Waals surface area contributed by atoms with E-state index in [9.17, 15) is 14.4 Å². The van der Waals surface area contributed by atoms with Crippen molar-refractivity contribution in [3.63, 3.8) is 0 Å². The number of carboxylic acids is 1. The van der Waals surface area contributed by atoms with Gasteiger partial charge in [-0.1, -0.05) is 62.4 Å². The molecule has 0 saturated carbocycles. The van der Waals surface area contributed by atoms with Crippen LogP contribution >= 0.6 is 0 Å². The summed E-state index contributed by atoms with van der Waals surface area (Å²) in [4.78, 5) is 35.6. The first-order valence-electron chi connectivity index (χ1n) is 11.4. The fourth-order valence-electron chi connectivity index (χ4n) is 4.24. The van der Waals surface area contributed by atoms with Crippen molar-refractivity contribution in [3.05, 3.63) is 59.7 Å². The molecule has 2 aromatic carbocycles. The maximum absolute atomic E-state index is 12.3. The topological polar surface area (TPSA) is 105 Å². The van der Waals surface area contributed by atoms with Gasteiger partial charge in [0.05, 0.1) is 0 Å². The summed E-state index contributed by atoms with van der Waals surface area (Å²) in [5, 5.41) is 14.5. The molecule has 0 fully saturated rings. The smallest absolute Gasteiger partial charge is 0.407 e. The second-order valence-electron chi connectivity index (χ2n) is 8.89. The van der Waals surface area contributed by atoms with Gasteiger partial charge in [-0.2, -0.15) is 0 Å². The van der Waals surface area contributed by atoms with E-state index in [2.05, 4.69) is 34.9 Å². The minimum atomic E-state index is -1.04. The van der Waals surface area contributed by atoms with E-state index in [1.165, 1.54) is 11.1 Å². The third kappa shape index (κ3) is 6.12. The van der Waals surface area contributed by atoms with Gasteiger partial charge in [-0.25, -0.2) is 9.59 Å². The molecule has 3 rings (SSSR count). The Kier molecular flexibility index (Phi) is 8.09. The summed E-state index contributed by atoms with van der Waals surface area (Å²) in [7, 11) is 0. The molecule has 2 aromatic rings. The molecule has 7 nitrogen and oxygen atoms in total. The molecule has 0 bridgehead atoms. The van der Waals surface area contributed by atoms with Crippen LogP contribution in [0.2, 0.25) is 0 Å². The molecule has 33 heavy (non-hydrogen) atoms. The van der Waals surface area contributed by atoms with Crippen LogP contribution in [0.15, 0.2) is 48.5 Å². The SMILES string of the molecule is CC(CCCC(=O)NC(C(=O)O)C(C)C)NC(=O)OCC1c2ccccc2-c2ccccc21. The maximum Gasteiger partial charge on any atom is 0.407 e. The number of aliphatic carboxylic acids is 1. The van der Waals surface area contributed by atoms with Crippen LogP contribution in [-0.2, 0) is 14.3 Å². The lowest BCUT2D eigenvalue weighted by molar-refractivity contribution is -0.143. The van der Waals surface area contributed by atoms with Crippen LogP contribution in [0.3, 0.4) is 0 Å². The highest BCUT2D eigenvalue weighted by molar-refractivity contribution is 5.83. The van der Waals surface area contributed by atoms with E-state index >= 15 is 0 Å². The van der Waals surface area contributed by atoms with Crippen LogP contribution in [0.1, 0.15) is 57.1 Å². The number of hydrogen-bond donors (Lipinski definition) is 3. The van der Waals surface area contributed by atoms with Crippen molar-refractivity contribution in [2.45, 2.75) is 58.0 Å². The van der Waals surface area contributed by atoms with Crippen LogP contribution in [0.25, 0.3) is 11.1 Å². The number of rotatable bonds is 10. The summed E-state index contributed by atoms with van der Waals surface area (Å²) in [6.45, 7) is 5.60. The Morgan fingerprint density at radius 3 is 2.06 bits per heavy atom. The first kappa shape index (κ1) is 24.3. The molecule has 3 N–H and O–H groups in total. The van der Waals surface area contributed by atoms with Crippen molar-refractivity contribution in [3.8, 4) is 11.1 Å². The van der Waals surface area contributed by atoms with Crippen LogP contribution in [-0.4, -0.2) is 41.8 Å². The lowest BCUT2D eigenvalue weighted by Gasteiger charge is -2.19. The number of nitrogens with one attached hydrogen (secondary N) is 2. The van der Waals surface area contributed by atoms with Crippen LogP contribution in [0, 0.1) is 5.92 Å². The predicted octanol–water partition coefficient (Wildman–Crippen LogP) is 4.31. The highest BCUT2D eigenvalue weighted by atomic mass is 16.5. The van der Waals surface area contributed by atoms with E-state index in [4.69, 9.17) is 9.84 Å². The van der Waals surface area contributed by atoms with Gasteiger partial charge in [-0.15, -0.1) is 0 Å². The Labute approximate surface area is 194 Å². The van der Waals surface area contributed by atoms with Gasteiger partial charge in [0.1, 0.15) is 12.6 Å². The quantitative estimate of drug-likeness (QED) is 0.498. The molecule has 1 aliphatic carbocycles. The zero-order valence-corrected chi connectivity index (χ0v) is 19.3. The Morgan fingerprint density at radius 2 is 1.52 bits per heavy atom. The number of carbonyl (C=O) groups is 3. The first-order chi connectivity index (χ1) is 15.8. The first-order valence-corrected chi connectivity index (χ1v) is 11.4. The largest absolute Gasteiger partial charge is 0.480 e. The monoisotopic (exact) mass is 452 g/mol. The highest BCUT2D eigenvalue weighted by Gasteiger charge is 2.29. The van der Waals surface area contributed by atoms with Gasteiger partial charge in [-0.05, 0) is 47.9 Å². The zero-order chi connectivity index (χ0) is 24.0. The fraction of sp³-hybridized carbons (Fsp3) is 0.423. The summed E-state index contributed by atoms with van der Waals surface area (Å²) < 4.78 is 5.55. The van der Waals surface area contributed by atoms with Gasteiger partial charge >= 0.3 is 12.1 Å². The van der Waals surface area contributed by atoms with Crippen molar-refractivity contribution in [1.29, 1.82) is 0 Å². The second kappa shape index (κ2) is 11.0. The minimum Gasteiger partial charge on any atom is -0.480 e. The minimum absolute atomic E-state index is 0.00490. The summed E-state index contributed by atoms with van der Waals surface area (Å²) in [5.41, 5.74) is 4.67. The molecule has 1 aliphatic rings. The molecule has 2 atom stereocenters. The molecular weight excluding hydrogens is 420 g/mol. The second-order valence-corrected chi connectivity index (χ2v) is 8.89. The lowest BCUT2D eigenvalue weighted by atomic mass is 9.98. The van der Waals surface area contributed by atoms with Crippen molar-refractivity contribution < 1.29 is 24.2 Å². The van der Waals surface area contributed by atoms with Crippen molar-refractivity contribution in [2.75, 3.05) is 6.61 Å². The van der Waals surface area contributed by atoms with E-state index in [1.807, 2.05) is 31.2 Å². The van der Waals surface area contributed by atoms with Crippen molar-refractivity contribution in [2.24, 2.45) is 5.92 Å². The maximum atomic E-state index is 12.3. The average molecular weight is 453 g/mol. The Hall–Kier alpha value is -3.35. The van der Waals surface area contributed by atoms with E-state index in [0.717, 1.165) is 11.1 Å². The summed E-state index contributed by atoms with van der Waals surface area (Å²) in [5.74, 6) is -1.53. The van der Waals surface area contributed by atoms with E-state index in [1.54, 1.807) is 13.8 Å². The Bertz CT molecular complexity index is 958. The summed E-state index contributed by atoms with van der Waals surface area (Å²) >= 11 is 0. The predicted molar refractivity (Wildman–Crippen MR) is 126 cm³/mol. The molecule has 0 heterocycles. The van der Waals surface area contributed by atoms with Gasteiger partial charge in [0.15, 0.2) is 0 Å².